The summed E-state index contributed by atoms with van der Waals surface area (Å²) in [5.41, 5.74) is 3.46. The van der Waals surface area contributed by atoms with Crippen molar-refractivity contribution < 1.29 is 8.78 Å². The van der Waals surface area contributed by atoms with E-state index in [9.17, 15) is 8.78 Å². The highest BCUT2D eigenvalue weighted by atomic mass is 79.9. The monoisotopic (exact) mass is 410 g/mol. The molecule has 3 N–H and O–H groups in total. The Bertz CT molecular complexity index is 616. The Balaban J connectivity index is 2.61. The molecule has 0 saturated heterocycles. The lowest BCUT2D eigenvalue weighted by Crippen LogP contribution is -2.30. The third-order valence-corrected chi connectivity index (χ3v) is 5.15. The largest absolute Gasteiger partial charge is 0.271 e. The summed E-state index contributed by atoms with van der Waals surface area (Å²) in [4.78, 5) is 0. The molecular formula is C12H10Br2F2N2S. The average Bonchev–Trinajstić information content (AvgIpc) is 2.69. The Hall–Kier alpha value is -0.340. The van der Waals surface area contributed by atoms with Gasteiger partial charge in [0.25, 0.3) is 0 Å². The van der Waals surface area contributed by atoms with Crippen LogP contribution in [0.1, 0.15) is 22.7 Å². The minimum Gasteiger partial charge on any atom is -0.271 e. The van der Waals surface area contributed by atoms with Crippen LogP contribution >= 0.6 is 43.2 Å². The van der Waals surface area contributed by atoms with E-state index >= 15 is 0 Å². The van der Waals surface area contributed by atoms with Crippen molar-refractivity contribution >= 4 is 43.2 Å². The molecule has 2 nitrogen and oxygen atoms in total. The normalized spacial score (nSPS) is 12.7. The molecule has 0 bridgehead atoms. The fourth-order valence-corrected chi connectivity index (χ4v) is 4.72. The molecule has 19 heavy (non-hydrogen) atoms. The van der Waals surface area contributed by atoms with Gasteiger partial charge in [0.05, 0.1) is 13.6 Å². The summed E-state index contributed by atoms with van der Waals surface area (Å²) in [7, 11) is 0. The van der Waals surface area contributed by atoms with E-state index in [2.05, 4.69) is 37.3 Å². The molecule has 0 aliphatic rings. The molecule has 1 unspecified atom stereocenters. The third kappa shape index (κ3) is 2.90. The SMILES string of the molecule is Cc1ccc(F)c(C(NN)c2cc(Br)sc2Br)c1F. The molecular weight excluding hydrogens is 402 g/mol. The maximum Gasteiger partial charge on any atom is 0.134 e. The van der Waals surface area contributed by atoms with Gasteiger partial charge in [0.1, 0.15) is 11.6 Å². The number of nitrogens with two attached hydrogens (primary N) is 1. The van der Waals surface area contributed by atoms with Crippen molar-refractivity contribution in [2.75, 3.05) is 0 Å². The van der Waals surface area contributed by atoms with E-state index in [0.29, 0.717) is 11.1 Å². The summed E-state index contributed by atoms with van der Waals surface area (Å²) in [5, 5.41) is 0. The molecule has 1 aromatic carbocycles. The second-order valence-electron chi connectivity index (χ2n) is 3.97. The first-order valence-electron chi connectivity index (χ1n) is 5.31. The van der Waals surface area contributed by atoms with Crippen molar-refractivity contribution in [2.24, 2.45) is 5.84 Å². The molecule has 2 aromatic rings. The summed E-state index contributed by atoms with van der Waals surface area (Å²) < 4.78 is 29.7. The summed E-state index contributed by atoms with van der Waals surface area (Å²) >= 11 is 8.12. The fraction of sp³-hybridized carbons (Fsp3) is 0.167. The minimum atomic E-state index is -0.753. The predicted octanol–water partition coefficient (Wildman–Crippen LogP) is 4.41. The van der Waals surface area contributed by atoms with Gasteiger partial charge in [-0.2, -0.15) is 0 Å². The first-order valence-corrected chi connectivity index (χ1v) is 7.71. The van der Waals surface area contributed by atoms with Crippen LogP contribution < -0.4 is 11.3 Å². The van der Waals surface area contributed by atoms with Crippen molar-refractivity contribution in [1.29, 1.82) is 0 Å². The third-order valence-electron chi connectivity index (χ3n) is 2.77. The Kier molecular flexibility index (Phi) is 4.73. The molecule has 0 radical (unpaired) electrons. The first kappa shape index (κ1) is 15.1. The van der Waals surface area contributed by atoms with Crippen LogP contribution in [0.3, 0.4) is 0 Å². The number of hydrogen-bond acceptors (Lipinski definition) is 3. The molecule has 1 aromatic heterocycles. The number of hydrogen-bond donors (Lipinski definition) is 2. The molecule has 0 aliphatic heterocycles. The summed E-state index contributed by atoms with van der Waals surface area (Å²) in [5.74, 6) is 4.28. The van der Waals surface area contributed by atoms with Crippen LogP contribution in [0.4, 0.5) is 8.78 Å². The summed E-state index contributed by atoms with van der Waals surface area (Å²) in [6, 6.07) is 3.67. The molecule has 102 valence electrons. The zero-order valence-electron chi connectivity index (χ0n) is 9.81. The molecule has 7 heteroatoms. The number of rotatable bonds is 3. The van der Waals surface area contributed by atoms with E-state index in [1.54, 1.807) is 13.0 Å². The Morgan fingerprint density at radius 2 is 2.00 bits per heavy atom. The van der Waals surface area contributed by atoms with Gasteiger partial charge in [-0.05, 0) is 56.5 Å². The average molecular weight is 412 g/mol. The van der Waals surface area contributed by atoms with Crippen LogP contribution in [0.25, 0.3) is 0 Å². The highest BCUT2D eigenvalue weighted by molar-refractivity contribution is 9.12. The van der Waals surface area contributed by atoms with E-state index in [1.165, 1.54) is 23.5 Å². The highest BCUT2D eigenvalue weighted by Crippen LogP contribution is 2.39. The van der Waals surface area contributed by atoms with Gasteiger partial charge in [-0.1, -0.05) is 6.07 Å². The van der Waals surface area contributed by atoms with Crippen molar-refractivity contribution in [1.82, 2.24) is 5.43 Å². The molecule has 0 fully saturated rings. The predicted molar refractivity (Wildman–Crippen MR) is 80.0 cm³/mol. The number of benzene rings is 1. The van der Waals surface area contributed by atoms with E-state index in [-0.39, 0.29) is 5.56 Å². The summed E-state index contributed by atoms with van der Waals surface area (Å²) in [6.45, 7) is 1.59. The Morgan fingerprint density at radius 1 is 1.32 bits per heavy atom. The van der Waals surface area contributed by atoms with Gasteiger partial charge in [0.15, 0.2) is 0 Å². The molecule has 1 atom stereocenters. The molecule has 2 rings (SSSR count). The number of aryl methyl sites for hydroxylation is 1. The van der Waals surface area contributed by atoms with E-state index in [0.717, 1.165) is 7.57 Å². The van der Waals surface area contributed by atoms with Crippen molar-refractivity contribution in [3.63, 3.8) is 0 Å². The topological polar surface area (TPSA) is 38.0 Å². The number of hydrazine groups is 1. The fourth-order valence-electron chi connectivity index (χ4n) is 1.82. The lowest BCUT2D eigenvalue weighted by atomic mass is 9.98. The summed E-state index contributed by atoms with van der Waals surface area (Å²) in [6.07, 6.45) is 0. The van der Waals surface area contributed by atoms with Crippen LogP contribution in [-0.2, 0) is 0 Å². The molecule has 0 amide bonds. The van der Waals surface area contributed by atoms with Gasteiger partial charge in [-0.25, -0.2) is 14.2 Å². The standard InChI is InChI=1S/C12H10Br2F2N2S/c1-5-2-3-7(15)9(10(5)16)11(18-17)6-4-8(13)19-12(6)14/h2-4,11,18H,17H2,1H3. The van der Waals surface area contributed by atoms with Gasteiger partial charge < -0.3 is 0 Å². The number of halogens is 4. The molecule has 0 aliphatic carbocycles. The highest BCUT2D eigenvalue weighted by Gasteiger charge is 2.25. The van der Waals surface area contributed by atoms with Gasteiger partial charge in [-0.15, -0.1) is 11.3 Å². The smallest absolute Gasteiger partial charge is 0.134 e. The van der Waals surface area contributed by atoms with E-state index in [1.807, 2.05) is 0 Å². The molecule has 0 saturated carbocycles. The second-order valence-corrected chi connectivity index (χ2v) is 7.72. The van der Waals surface area contributed by atoms with Crippen molar-refractivity contribution in [3.05, 3.63) is 54.1 Å². The number of nitrogens with one attached hydrogen (secondary N) is 1. The van der Waals surface area contributed by atoms with Crippen LogP contribution in [0.2, 0.25) is 0 Å². The zero-order chi connectivity index (χ0) is 14.2. The Labute approximate surface area is 130 Å². The van der Waals surface area contributed by atoms with Gasteiger partial charge in [-0.3, -0.25) is 5.84 Å². The van der Waals surface area contributed by atoms with Crippen LogP contribution in [0.15, 0.2) is 25.8 Å². The Morgan fingerprint density at radius 3 is 2.53 bits per heavy atom. The molecule has 0 spiro atoms. The maximum atomic E-state index is 14.2. The second kappa shape index (κ2) is 5.97. The molecule has 1 heterocycles. The van der Waals surface area contributed by atoms with E-state index < -0.39 is 17.7 Å². The minimum absolute atomic E-state index is 0.0755. The van der Waals surface area contributed by atoms with Crippen LogP contribution in [0.5, 0.6) is 0 Å². The van der Waals surface area contributed by atoms with Crippen LogP contribution in [-0.4, -0.2) is 0 Å². The van der Waals surface area contributed by atoms with E-state index in [4.69, 9.17) is 5.84 Å². The maximum absolute atomic E-state index is 14.2. The lowest BCUT2D eigenvalue weighted by Gasteiger charge is -2.18. The number of thiophene rings is 1. The van der Waals surface area contributed by atoms with Gasteiger partial charge in [0.2, 0.25) is 0 Å². The van der Waals surface area contributed by atoms with Crippen molar-refractivity contribution in [3.8, 4) is 0 Å². The lowest BCUT2D eigenvalue weighted by molar-refractivity contribution is 0.506. The zero-order valence-corrected chi connectivity index (χ0v) is 13.8. The quantitative estimate of drug-likeness (QED) is 0.579. The van der Waals surface area contributed by atoms with Crippen molar-refractivity contribution in [2.45, 2.75) is 13.0 Å². The van der Waals surface area contributed by atoms with Crippen LogP contribution in [0, 0.1) is 18.6 Å². The van der Waals surface area contributed by atoms with Gasteiger partial charge in [0, 0.05) is 11.1 Å². The van der Waals surface area contributed by atoms with Gasteiger partial charge >= 0.3 is 0 Å². The first-order chi connectivity index (χ1) is 8.95.